The lowest BCUT2D eigenvalue weighted by Gasteiger charge is -2.19. The van der Waals surface area contributed by atoms with E-state index in [-0.39, 0.29) is 0 Å². The van der Waals surface area contributed by atoms with Gasteiger partial charge in [-0.2, -0.15) is 0 Å². The maximum atomic E-state index is 11.4. The monoisotopic (exact) mass is 287 g/mol. The van der Waals surface area contributed by atoms with E-state index in [2.05, 4.69) is 0 Å². The summed E-state index contributed by atoms with van der Waals surface area (Å²) in [7, 11) is 0. The normalized spacial score (nSPS) is 10.2. The molecule has 1 amide bonds. The highest BCUT2D eigenvalue weighted by atomic mass is 32.2. The van der Waals surface area contributed by atoms with Crippen molar-refractivity contribution in [3.8, 4) is 0 Å². The minimum Gasteiger partial charge on any atom is -0.465 e. The van der Waals surface area contributed by atoms with Gasteiger partial charge in [0.1, 0.15) is 0 Å². The summed E-state index contributed by atoms with van der Waals surface area (Å²) in [6, 6.07) is 17.6. The molecule has 3 nitrogen and oxygen atoms in total. The molecule has 0 fully saturated rings. The lowest BCUT2D eigenvalue weighted by atomic mass is 10.2. The van der Waals surface area contributed by atoms with Crippen LogP contribution < -0.4 is 0 Å². The number of carboxylic acid groups (broad SMARTS) is 1. The van der Waals surface area contributed by atoms with Crippen molar-refractivity contribution in [1.29, 1.82) is 0 Å². The van der Waals surface area contributed by atoms with Gasteiger partial charge >= 0.3 is 6.09 Å². The van der Waals surface area contributed by atoms with E-state index < -0.39 is 6.09 Å². The van der Waals surface area contributed by atoms with Crippen LogP contribution in [0.25, 0.3) is 0 Å². The molecule has 2 aromatic carbocycles. The van der Waals surface area contributed by atoms with Crippen molar-refractivity contribution in [1.82, 2.24) is 4.90 Å². The van der Waals surface area contributed by atoms with Crippen molar-refractivity contribution in [2.75, 3.05) is 6.26 Å². The molecule has 0 bridgehead atoms. The molecule has 0 heterocycles. The summed E-state index contributed by atoms with van der Waals surface area (Å²) in [6.07, 6.45) is 1.11. The number of thioether (sulfide) groups is 1. The second-order valence-electron chi connectivity index (χ2n) is 4.48. The van der Waals surface area contributed by atoms with E-state index in [1.165, 1.54) is 4.90 Å². The third-order valence-electron chi connectivity index (χ3n) is 2.99. The number of amides is 1. The highest BCUT2D eigenvalue weighted by Crippen LogP contribution is 2.18. The Hall–Kier alpha value is -1.94. The van der Waals surface area contributed by atoms with Crippen molar-refractivity contribution in [3.63, 3.8) is 0 Å². The van der Waals surface area contributed by atoms with Crippen molar-refractivity contribution in [3.05, 3.63) is 65.7 Å². The summed E-state index contributed by atoms with van der Waals surface area (Å²) >= 11 is 1.66. The number of carbonyl (C=O) groups is 1. The summed E-state index contributed by atoms with van der Waals surface area (Å²) in [5.74, 6) is 0. The zero-order chi connectivity index (χ0) is 14.4. The molecule has 20 heavy (non-hydrogen) atoms. The summed E-state index contributed by atoms with van der Waals surface area (Å²) in [4.78, 5) is 14.0. The quantitative estimate of drug-likeness (QED) is 0.842. The maximum Gasteiger partial charge on any atom is 0.407 e. The molecule has 0 aliphatic heterocycles. The largest absolute Gasteiger partial charge is 0.465 e. The molecular weight excluding hydrogens is 270 g/mol. The van der Waals surface area contributed by atoms with Gasteiger partial charge in [-0.05, 0) is 29.5 Å². The van der Waals surface area contributed by atoms with Crippen LogP contribution in [0.4, 0.5) is 4.79 Å². The van der Waals surface area contributed by atoms with E-state index >= 15 is 0 Å². The first-order valence-electron chi connectivity index (χ1n) is 6.34. The van der Waals surface area contributed by atoms with E-state index in [1.807, 2.05) is 60.9 Å². The van der Waals surface area contributed by atoms with Gasteiger partial charge in [0.2, 0.25) is 0 Å². The summed E-state index contributed by atoms with van der Waals surface area (Å²) < 4.78 is 0. The molecule has 0 saturated heterocycles. The van der Waals surface area contributed by atoms with Gasteiger partial charge in [0.05, 0.1) is 0 Å². The lowest BCUT2D eigenvalue weighted by molar-refractivity contribution is 0.139. The van der Waals surface area contributed by atoms with Crippen LogP contribution in [0, 0.1) is 0 Å². The molecule has 0 atom stereocenters. The fraction of sp³-hybridized carbons (Fsp3) is 0.188. The first kappa shape index (κ1) is 14.5. The molecule has 0 aliphatic rings. The Morgan fingerprint density at radius 3 is 2.35 bits per heavy atom. The second kappa shape index (κ2) is 7.01. The zero-order valence-corrected chi connectivity index (χ0v) is 12.1. The van der Waals surface area contributed by atoms with Crippen LogP contribution >= 0.6 is 11.8 Å². The molecule has 0 aromatic heterocycles. The Balaban J connectivity index is 2.11. The Morgan fingerprint density at radius 1 is 1.05 bits per heavy atom. The van der Waals surface area contributed by atoms with Gasteiger partial charge in [-0.15, -0.1) is 11.8 Å². The fourth-order valence-electron chi connectivity index (χ4n) is 1.99. The fourth-order valence-corrected chi connectivity index (χ4v) is 2.47. The van der Waals surface area contributed by atoms with Crippen LogP contribution in [-0.4, -0.2) is 22.4 Å². The minimum absolute atomic E-state index is 0.401. The third kappa shape index (κ3) is 4.03. The SMILES string of the molecule is CSc1cccc(CN(Cc2ccccc2)C(=O)O)c1. The van der Waals surface area contributed by atoms with Gasteiger partial charge < -0.3 is 5.11 Å². The van der Waals surface area contributed by atoms with Crippen LogP contribution in [0.5, 0.6) is 0 Å². The van der Waals surface area contributed by atoms with Gasteiger partial charge in [0.15, 0.2) is 0 Å². The van der Waals surface area contributed by atoms with Crippen LogP contribution in [-0.2, 0) is 13.1 Å². The average molecular weight is 287 g/mol. The van der Waals surface area contributed by atoms with Gasteiger partial charge in [-0.25, -0.2) is 4.79 Å². The number of hydrogen-bond acceptors (Lipinski definition) is 2. The van der Waals surface area contributed by atoms with Crippen molar-refractivity contribution in [2.24, 2.45) is 0 Å². The third-order valence-corrected chi connectivity index (χ3v) is 3.72. The number of nitrogens with zero attached hydrogens (tertiary/aromatic N) is 1. The molecule has 2 aromatic rings. The lowest BCUT2D eigenvalue weighted by Crippen LogP contribution is -2.28. The van der Waals surface area contributed by atoms with Gasteiger partial charge in [0, 0.05) is 18.0 Å². The number of rotatable bonds is 5. The average Bonchev–Trinajstić information content (AvgIpc) is 2.48. The molecule has 0 spiro atoms. The van der Waals surface area contributed by atoms with E-state index in [9.17, 15) is 9.90 Å². The highest BCUT2D eigenvalue weighted by Gasteiger charge is 2.13. The van der Waals surface area contributed by atoms with Gasteiger partial charge in [-0.3, -0.25) is 4.90 Å². The molecule has 1 N–H and O–H groups in total. The molecule has 0 unspecified atom stereocenters. The Labute approximate surface area is 123 Å². The molecule has 0 saturated carbocycles. The molecule has 0 aliphatic carbocycles. The highest BCUT2D eigenvalue weighted by molar-refractivity contribution is 7.98. The van der Waals surface area contributed by atoms with Crippen LogP contribution in [0.2, 0.25) is 0 Å². The molecule has 4 heteroatoms. The molecular formula is C16H17NO2S. The van der Waals surface area contributed by atoms with E-state index in [0.29, 0.717) is 13.1 Å². The summed E-state index contributed by atoms with van der Waals surface area (Å²) in [6.45, 7) is 0.804. The Kier molecular flexibility index (Phi) is 5.07. The summed E-state index contributed by atoms with van der Waals surface area (Å²) in [5.41, 5.74) is 2.01. The number of benzene rings is 2. The van der Waals surface area contributed by atoms with E-state index in [4.69, 9.17) is 0 Å². The van der Waals surface area contributed by atoms with Crippen LogP contribution in [0.15, 0.2) is 59.5 Å². The molecule has 2 rings (SSSR count). The zero-order valence-electron chi connectivity index (χ0n) is 11.3. The number of hydrogen-bond donors (Lipinski definition) is 1. The predicted molar refractivity (Wildman–Crippen MR) is 81.9 cm³/mol. The Bertz CT molecular complexity index is 572. The maximum absolute atomic E-state index is 11.4. The smallest absolute Gasteiger partial charge is 0.407 e. The van der Waals surface area contributed by atoms with Crippen molar-refractivity contribution in [2.45, 2.75) is 18.0 Å². The molecule has 0 radical (unpaired) electrons. The first-order chi connectivity index (χ1) is 9.69. The van der Waals surface area contributed by atoms with Crippen molar-refractivity contribution < 1.29 is 9.90 Å². The second-order valence-corrected chi connectivity index (χ2v) is 5.36. The first-order valence-corrected chi connectivity index (χ1v) is 7.56. The van der Waals surface area contributed by atoms with Gasteiger partial charge in [-0.1, -0.05) is 42.5 Å². The standard InChI is InChI=1S/C16H17NO2S/c1-20-15-9-5-8-14(10-15)12-17(16(18)19)11-13-6-3-2-4-7-13/h2-10H,11-12H2,1H3,(H,18,19). The van der Waals surface area contributed by atoms with Crippen LogP contribution in [0.1, 0.15) is 11.1 Å². The van der Waals surface area contributed by atoms with Gasteiger partial charge in [0.25, 0.3) is 0 Å². The molecule has 104 valence electrons. The predicted octanol–water partition coefficient (Wildman–Crippen LogP) is 4.09. The van der Waals surface area contributed by atoms with E-state index in [1.54, 1.807) is 11.8 Å². The van der Waals surface area contributed by atoms with Crippen LogP contribution in [0.3, 0.4) is 0 Å². The summed E-state index contributed by atoms with van der Waals surface area (Å²) in [5, 5.41) is 9.34. The van der Waals surface area contributed by atoms with Crippen molar-refractivity contribution >= 4 is 17.9 Å². The Morgan fingerprint density at radius 2 is 1.70 bits per heavy atom. The minimum atomic E-state index is -0.900. The topological polar surface area (TPSA) is 40.5 Å². The van der Waals surface area contributed by atoms with E-state index in [0.717, 1.165) is 16.0 Å².